The largest absolute Gasteiger partial charge is 0.449 e. The Morgan fingerprint density at radius 1 is 0.419 bits per heavy atom. The first-order valence-electron chi connectivity index (χ1n) is 21.4. The van der Waals surface area contributed by atoms with Crippen molar-refractivity contribution in [3.8, 4) is 56.4 Å². The summed E-state index contributed by atoms with van der Waals surface area (Å²) in [5.41, 5.74) is 17.6. The van der Waals surface area contributed by atoms with Crippen LogP contribution in [0.25, 0.3) is 53.6 Å². The highest BCUT2D eigenvalue weighted by Crippen LogP contribution is 2.67. The van der Waals surface area contributed by atoms with Gasteiger partial charge < -0.3 is 14.4 Å². The number of rotatable bonds is 3. The lowest BCUT2D eigenvalue weighted by Gasteiger charge is -2.33. The molecular formula is C58H37NO2S. The summed E-state index contributed by atoms with van der Waals surface area (Å²) in [6, 6.07) is 68.8. The first-order valence-corrected chi connectivity index (χ1v) is 22.2. The number of thiophene rings is 1. The van der Waals surface area contributed by atoms with Gasteiger partial charge in [-0.2, -0.15) is 0 Å². The van der Waals surface area contributed by atoms with Crippen LogP contribution in [0.3, 0.4) is 0 Å². The van der Waals surface area contributed by atoms with Crippen molar-refractivity contribution in [2.75, 3.05) is 4.90 Å². The lowest BCUT2D eigenvalue weighted by atomic mass is 9.70. The van der Waals surface area contributed by atoms with Crippen molar-refractivity contribution in [2.24, 2.45) is 0 Å². The minimum absolute atomic E-state index is 0.173. The summed E-state index contributed by atoms with van der Waals surface area (Å²) in [7, 11) is 0. The van der Waals surface area contributed by atoms with Crippen molar-refractivity contribution >= 4 is 48.6 Å². The minimum Gasteiger partial charge on any atom is -0.449 e. The van der Waals surface area contributed by atoms with Crippen LogP contribution in [0.2, 0.25) is 0 Å². The maximum atomic E-state index is 7.50. The number of anilines is 3. The molecule has 0 saturated carbocycles. The summed E-state index contributed by atoms with van der Waals surface area (Å²) in [5, 5.41) is 2.51. The highest BCUT2D eigenvalue weighted by molar-refractivity contribution is 7.26. The highest BCUT2D eigenvalue weighted by Gasteiger charge is 2.53. The molecule has 2 heterocycles. The van der Waals surface area contributed by atoms with Gasteiger partial charge in [0.15, 0.2) is 23.0 Å². The van der Waals surface area contributed by atoms with E-state index in [0.29, 0.717) is 11.5 Å². The van der Waals surface area contributed by atoms with Crippen LogP contribution in [0, 0.1) is 0 Å². The van der Waals surface area contributed by atoms with Gasteiger partial charge in [-0.25, -0.2) is 0 Å². The number of fused-ring (bicyclic) bond motifs is 19. The standard InChI is InChI=1S/C58H37NO2S/c1-57(2)42-21-8-3-15-35(42)38-30-29-34(33-47(38)57)59(49-26-13-20-40-39-18-7-12-28-52(39)62-56(40)49)48-25-14-27-50-54(48)61-55-51(60-50)32-31-46-53(55)41-19-6-11-24-45(41)58(46)43-22-9-4-16-36(43)37-17-5-10-23-44(37)58/h3-33H,1-2H3. The summed E-state index contributed by atoms with van der Waals surface area (Å²) in [4.78, 5) is 2.41. The predicted molar refractivity (Wildman–Crippen MR) is 254 cm³/mol. The van der Waals surface area contributed by atoms with Crippen molar-refractivity contribution in [2.45, 2.75) is 24.7 Å². The van der Waals surface area contributed by atoms with E-state index >= 15 is 0 Å². The average Bonchev–Trinajstić information content (AvgIpc) is 4.01. The zero-order valence-corrected chi connectivity index (χ0v) is 34.9. The van der Waals surface area contributed by atoms with Crippen LogP contribution in [0.5, 0.6) is 23.0 Å². The molecule has 0 atom stereocenters. The van der Waals surface area contributed by atoms with Crippen LogP contribution in [0.15, 0.2) is 188 Å². The third-order valence-electron chi connectivity index (χ3n) is 14.2. The van der Waals surface area contributed by atoms with Gasteiger partial charge >= 0.3 is 0 Å². The molecule has 3 nitrogen and oxygen atoms in total. The van der Waals surface area contributed by atoms with Crippen LogP contribution in [-0.2, 0) is 10.8 Å². The van der Waals surface area contributed by atoms with Crippen LogP contribution in [0.1, 0.15) is 47.2 Å². The summed E-state index contributed by atoms with van der Waals surface area (Å²) >= 11 is 1.84. The monoisotopic (exact) mass is 811 g/mol. The molecule has 9 aromatic carbocycles. The Morgan fingerprint density at radius 2 is 1.00 bits per heavy atom. The lowest BCUT2D eigenvalue weighted by molar-refractivity contribution is 0.361. The van der Waals surface area contributed by atoms with Gasteiger partial charge in [0.1, 0.15) is 0 Å². The molecule has 10 aromatic rings. The van der Waals surface area contributed by atoms with E-state index in [1.54, 1.807) is 0 Å². The van der Waals surface area contributed by atoms with Crippen molar-refractivity contribution in [3.05, 3.63) is 221 Å². The number of para-hydroxylation sites is 1. The van der Waals surface area contributed by atoms with Gasteiger partial charge in [0.2, 0.25) is 0 Å². The van der Waals surface area contributed by atoms with E-state index in [1.165, 1.54) is 81.4 Å². The van der Waals surface area contributed by atoms with Gasteiger partial charge in [0, 0.05) is 32.1 Å². The van der Waals surface area contributed by atoms with E-state index in [2.05, 4.69) is 201 Å². The van der Waals surface area contributed by atoms with Gasteiger partial charge in [0.05, 0.1) is 21.5 Å². The van der Waals surface area contributed by atoms with Crippen molar-refractivity contribution < 1.29 is 9.47 Å². The smallest absolute Gasteiger partial charge is 0.194 e. The second-order valence-corrected chi connectivity index (χ2v) is 18.6. The molecule has 0 bridgehead atoms. The SMILES string of the molecule is CC1(C)c2ccccc2-c2ccc(N(c3cccc4c3Oc3c(ccc5c3-c3ccccc3C53c5ccccc5-c5ccccc53)O4)c3cccc4c3sc3ccccc34)cc21. The topological polar surface area (TPSA) is 21.7 Å². The zero-order chi connectivity index (χ0) is 40.9. The number of nitrogens with zero attached hydrogens (tertiary/aromatic N) is 1. The van der Waals surface area contributed by atoms with Crippen LogP contribution >= 0.6 is 11.3 Å². The molecule has 4 aliphatic rings. The Labute approximate surface area is 363 Å². The molecule has 0 amide bonds. The summed E-state index contributed by atoms with van der Waals surface area (Å²) in [6.07, 6.45) is 0. The second-order valence-electron chi connectivity index (χ2n) is 17.5. The fourth-order valence-corrected chi connectivity index (χ4v) is 12.8. The molecule has 0 unspecified atom stereocenters. The van der Waals surface area contributed by atoms with E-state index < -0.39 is 5.41 Å². The van der Waals surface area contributed by atoms with Crippen molar-refractivity contribution in [3.63, 3.8) is 0 Å². The third-order valence-corrected chi connectivity index (χ3v) is 15.4. The molecule has 0 fully saturated rings. The normalized spacial score (nSPS) is 14.8. The van der Waals surface area contributed by atoms with Gasteiger partial charge in [-0.05, 0) is 104 Å². The molecule has 0 saturated heterocycles. The molecule has 62 heavy (non-hydrogen) atoms. The Kier molecular flexibility index (Phi) is 6.71. The molecule has 0 radical (unpaired) electrons. The van der Waals surface area contributed by atoms with Crippen LogP contribution in [-0.4, -0.2) is 0 Å². The van der Waals surface area contributed by atoms with Crippen LogP contribution in [0.4, 0.5) is 17.1 Å². The molecule has 1 spiro atoms. The van der Waals surface area contributed by atoms with E-state index in [-0.39, 0.29) is 5.41 Å². The summed E-state index contributed by atoms with van der Waals surface area (Å²) in [6.45, 7) is 4.70. The maximum absolute atomic E-state index is 7.50. The Bertz CT molecular complexity index is 3550. The molecule has 0 N–H and O–H groups in total. The van der Waals surface area contributed by atoms with Crippen molar-refractivity contribution in [1.29, 1.82) is 0 Å². The molecule has 292 valence electrons. The number of hydrogen-bond donors (Lipinski definition) is 0. The quantitative estimate of drug-likeness (QED) is 0.177. The Hall–Kier alpha value is -7.40. The van der Waals surface area contributed by atoms with E-state index in [1.807, 2.05) is 17.4 Å². The molecule has 1 aromatic heterocycles. The third kappa shape index (κ3) is 4.25. The van der Waals surface area contributed by atoms with Crippen molar-refractivity contribution in [1.82, 2.24) is 0 Å². The Balaban J connectivity index is 1.01. The van der Waals surface area contributed by atoms with E-state index in [4.69, 9.17) is 9.47 Å². The second kappa shape index (κ2) is 12.1. The molecule has 3 aliphatic carbocycles. The number of benzene rings is 9. The molecule has 1 aliphatic heterocycles. The van der Waals surface area contributed by atoms with E-state index in [0.717, 1.165) is 34.1 Å². The first-order chi connectivity index (χ1) is 30.5. The zero-order valence-electron chi connectivity index (χ0n) is 34.1. The fourth-order valence-electron chi connectivity index (χ4n) is 11.5. The average molecular weight is 812 g/mol. The molecule has 4 heteroatoms. The lowest BCUT2D eigenvalue weighted by Crippen LogP contribution is -2.25. The van der Waals surface area contributed by atoms with E-state index in [9.17, 15) is 0 Å². The van der Waals surface area contributed by atoms with Gasteiger partial charge in [0.25, 0.3) is 0 Å². The molecule has 14 rings (SSSR count). The van der Waals surface area contributed by atoms with Gasteiger partial charge in [-0.15, -0.1) is 11.3 Å². The summed E-state index contributed by atoms with van der Waals surface area (Å²) in [5.74, 6) is 2.85. The van der Waals surface area contributed by atoms with Gasteiger partial charge in [-0.3, -0.25) is 0 Å². The Morgan fingerprint density at radius 3 is 1.77 bits per heavy atom. The highest BCUT2D eigenvalue weighted by atomic mass is 32.1. The van der Waals surface area contributed by atoms with Gasteiger partial charge in [-0.1, -0.05) is 159 Å². The first kappa shape index (κ1) is 34.3. The summed E-state index contributed by atoms with van der Waals surface area (Å²) < 4.78 is 17.0. The number of ether oxygens (including phenoxy) is 2. The number of hydrogen-bond acceptors (Lipinski definition) is 4. The predicted octanol–water partition coefficient (Wildman–Crippen LogP) is 16.1. The minimum atomic E-state index is -0.491. The fraction of sp³-hybridized carbons (Fsp3) is 0.0690. The maximum Gasteiger partial charge on any atom is 0.194 e. The van der Waals surface area contributed by atoms with Crippen LogP contribution < -0.4 is 14.4 Å². The molecular weight excluding hydrogens is 775 g/mol.